The molecule has 2 aliphatic rings. The van der Waals surface area contributed by atoms with Gasteiger partial charge < -0.3 is 9.47 Å². The van der Waals surface area contributed by atoms with Crippen molar-refractivity contribution in [2.45, 2.75) is 55.1 Å². The molecular weight excluding hydrogens is 322 g/mol. The fraction of sp³-hybridized carbons (Fsp3) is 0.632. The number of methoxy groups -OCH3 is 1. The molecule has 24 heavy (non-hydrogen) atoms. The second-order valence-corrected chi connectivity index (χ2v) is 7.72. The van der Waals surface area contributed by atoms with Gasteiger partial charge in [0, 0.05) is 18.0 Å². The van der Waals surface area contributed by atoms with Gasteiger partial charge in [-0.2, -0.15) is 0 Å². The Morgan fingerprint density at radius 3 is 2.42 bits per heavy atom. The second kappa shape index (κ2) is 8.88. The zero-order chi connectivity index (χ0) is 16.8. The van der Waals surface area contributed by atoms with E-state index >= 15 is 0 Å². The standard InChI is InChI=1S/C19H27NO3S/c1-22-18(21)15-9-11-16(12-10-15)23-19(20-13-5-6-14-20)24-17-7-3-2-4-8-17/h2-4,7-8,15-16,19H,5-6,9-14H2,1H3. The van der Waals surface area contributed by atoms with Crippen molar-refractivity contribution in [2.24, 2.45) is 5.92 Å². The van der Waals surface area contributed by atoms with Crippen molar-refractivity contribution in [3.63, 3.8) is 0 Å². The Morgan fingerprint density at radius 1 is 1.12 bits per heavy atom. The number of esters is 1. The zero-order valence-corrected chi connectivity index (χ0v) is 15.2. The molecule has 0 radical (unpaired) electrons. The number of nitrogens with zero attached hydrogens (tertiary/aromatic N) is 1. The minimum atomic E-state index is -0.0665. The van der Waals surface area contributed by atoms with Crippen molar-refractivity contribution in [3.8, 4) is 0 Å². The molecule has 1 aliphatic heterocycles. The molecular formula is C19H27NO3S. The largest absolute Gasteiger partial charge is 0.469 e. The van der Waals surface area contributed by atoms with Gasteiger partial charge in [-0.1, -0.05) is 30.0 Å². The van der Waals surface area contributed by atoms with Crippen molar-refractivity contribution in [1.29, 1.82) is 0 Å². The Morgan fingerprint density at radius 2 is 1.79 bits per heavy atom. The molecule has 1 aromatic rings. The van der Waals surface area contributed by atoms with Gasteiger partial charge in [-0.3, -0.25) is 9.69 Å². The summed E-state index contributed by atoms with van der Waals surface area (Å²) in [5.41, 5.74) is 0.0783. The average Bonchev–Trinajstić information content (AvgIpc) is 3.17. The summed E-state index contributed by atoms with van der Waals surface area (Å²) in [5.74, 6) is -0.00920. The Balaban J connectivity index is 1.57. The van der Waals surface area contributed by atoms with Gasteiger partial charge >= 0.3 is 5.97 Å². The Labute approximate surface area is 148 Å². The van der Waals surface area contributed by atoms with E-state index in [0.717, 1.165) is 38.8 Å². The highest BCUT2D eigenvalue weighted by Crippen LogP contribution is 2.34. The molecule has 132 valence electrons. The minimum Gasteiger partial charge on any atom is -0.469 e. The van der Waals surface area contributed by atoms with Crippen molar-refractivity contribution < 1.29 is 14.3 Å². The van der Waals surface area contributed by atoms with Crippen molar-refractivity contribution in [1.82, 2.24) is 4.90 Å². The topological polar surface area (TPSA) is 38.8 Å². The summed E-state index contributed by atoms with van der Waals surface area (Å²) in [6.45, 7) is 2.23. The quantitative estimate of drug-likeness (QED) is 0.442. The van der Waals surface area contributed by atoms with Crippen LogP contribution in [0.15, 0.2) is 35.2 Å². The maximum atomic E-state index is 11.7. The first-order chi connectivity index (χ1) is 11.8. The maximum absolute atomic E-state index is 11.7. The van der Waals surface area contributed by atoms with E-state index in [1.165, 1.54) is 24.8 Å². The lowest BCUT2D eigenvalue weighted by molar-refractivity contribution is -0.148. The highest BCUT2D eigenvalue weighted by atomic mass is 32.2. The van der Waals surface area contributed by atoms with Gasteiger partial charge in [0.05, 0.1) is 19.1 Å². The van der Waals surface area contributed by atoms with Crippen LogP contribution < -0.4 is 0 Å². The zero-order valence-electron chi connectivity index (χ0n) is 14.4. The van der Waals surface area contributed by atoms with Gasteiger partial charge in [0.15, 0.2) is 5.56 Å². The van der Waals surface area contributed by atoms with Crippen LogP contribution in [-0.4, -0.2) is 42.7 Å². The van der Waals surface area contributed by atoms with Gasteiger partial charge in [-0.25, -0.2) is 0 Å². The van der Waals surface area contributed by atoms with E-state index in [1.54, 1.807) is 11.8 Å². The summed E-state index contributed by atoms with van der Waals surface area (Å²) in [7, 11) is 1.48. The maximum Gasteiger partial charge on any atom is 0.308 e. The van der Waals surface area contributed by atoms with Gasteiger partial charge in [0.25, 0.3) is 0 Å². The summed E-state index contributed by atoms with van der Waals surface area (Å²) in [5, 5.41) is 0. The number of rotatable bonds is 6. The van der Waals surface area contributed by atoms with E-state index < -0.39 is 0 Å². The van der Waals surface area contributed by atoms with E-state index in [-0.39, 0.29) is 23.6 Å². The lowest BCUT2D eigenvalue weighted by Gasteiger charge is -2.34. The van der Waals surface area contributed by atoms with Crippen LogP contribution in [0.5, 0.6) is 0 Å². The number of thioether (sulfide) groups is 1. The number of hydrogen-bond donors (Lipinski definition) is 0. The molecule has 0 aromatic heterocycles. The Kier molecular flexibility index (Phi) is 6.58. The lowest BCUT2D eigenvalue weighted by Crippen LogP contribution is -2.37. The van der Waals surface area contributed by atoms with Crippen molar-refractivity contribution >= 4 is 17.7 Å². The van der Waals surface area contributed by atoms with Crippen LogP contribution in [0.25, 0.3) is 0 Å². The summed E-state index contributed by atoms with van der Waals surface area (Å²) < 4.78 is 11.4. The highest BCUT2D eigenvalue weighted by Gasteiger charge is 2.31. The van der Waals surface area contributed by atoms with Crippen LogP contribution in [0.2, 0.25) is 0 Å². The highest BCUT2D eigenvalue weighted by molar-refractivity contribution is 7.99. The molecule has 0 amide bonds. The van der Waals surface area contributed by atoms with Gasteiger partial charge in [0.1, 0.15) is 0 Å². The predicted molar refractivity (Wildman–Crippen MR) is 95.7 cm³/mol. The molecule has 0 bridgehead atoms. The first-order valence-electron chi connectivity index (χ1n) is 8.95. The molecule has 0 N–H and O–H groups in total. The second-order valence-electron chi connectivity index (χ2n) is 6.61. The number of carbonyl (C=O) groups excluding carboxylic acids is 1. The SMILES string of the molecule is COC(=O)C1CCC(OC(Sc2ccccc2)N2CCCC2)CC1. The molecule has 1 saturated heterocycles. The first-order valence-corrected chi connectivity index (χ1v) is 9.83. The normalized spacial score (nSPS) is 26.2. The Bertz CT molecular complexity index is 511. The molecule has 1 atom stereocenters. The van der Waals surface area contributed by atoms with Crippen LogP contribution in [0.1, 0.15) is 38.5 Å². The summed E-state index contributed by atoms with van der Waals surface area (Å²) >= 11 is 1.80. The van der Waals surface area contributed by atoms with Gasteiger partial charge in [-0.05, 0) is 50.7 Å². The van der Waals surface area contributed by atoms with E-state index in [2.05, 4.69) is 29.2 Å². The van der Waals surface area contributed by atoms with Crippen LogP contribution in [0, 0.1) is 5.92 Å². The summed E-state index contributed by atoms with van der Waals surface area (Å²) in [4.78, 5) is 15.4. The molecule has 1 saturated carbocycles. The minimum absolute atomic E-state index is 0.0573. The van der Waals surface area contributed by atoms with Crippen LogP contribution in [0.4, 0.5) is 0 Å². The number of carbonyl (C=O) groups is 1. The number of benzene rings is 1. The van der Waals surface area contributed by atoms with E-state index in [9.17, 15) is 4.79 Å². The van der Waals surface area contributed by atoms with Gasteiger partial charge in [-0.15, -0.1) is 0 Å². The molecule has 2 fully saturated rings. The third kappa shape index (κ3) is 4.74. The van der Waals surface area contributed by atoms with Crippen molar-refractivity contribution in [3.05, 3.63) is 30.3 Å². The molecule has 1 unspecified atom stereocenters. The summed E-state index contributed by atoms with van der Waals surface area (Å²) in [6, 6.07) is 10.5. The van der Waals surface area contributed by atoms with Crippen LogP contribution >= 0.6 is 11.8 Å². The smallest absolute Gasteiger partial charge is 0.308 e. The number of hydrogen-bond acceptors (Lipinski definition) is 5. The molecule has 5 heteroatoms. The summed E-state index contributed by atoms with van der Waals surface area (Å²) in [6.07, 6.45) is 6.39. The predicted octanol–water partition coefficient (Wildman–Crippen LogP) is 3.91. The molecule has 1 aromatic carbocycles. The third-order valence-electron chi connectivity index (χ3n) is 4.94. The fourth-order valence-corrected chi connectivity index (χ4v) is 4.64. The molecule has 4 nitrogen and oxygen atoms in total. The fourth-order valence-electron chi connectivity index (χ4n) is 3.52. The lowest BCUT2D eigenvalue weighted by atomic mass is 9.87. The first kappa shape index (κ1) is 17.8. The van der Waals surface area contributed by atoms with Crippen molar-refractivity contribution in [2.75, 3.05) is 20.2 Å². The monoisotopic (exact) mass is 349 g/mol. The molecule has 3 rings (SSSR count). The number of likely N-dealkylation sites (tertiary alicyclic amines) is 1. The van der Waals surface area contributed by atoms with E-state index in [4.69, 9.17) is 9.47 Å². The average molecular weight is 349 g/mol. The molecule has 1 aliphatic carbocycles. The van der Waals surface area contributed by atoms with E-state index in [0.29, 0.717) is 0 Å². The van der Waals surface area contributed by atoms with Gasteiger partial charge in [0.2, 0.25) is 0 Å². The van der Waals surface area contributed by atoms with E-state index in [1.807, 2.05) is 6.07 Å². The Hall–Kier alpha value is -1.04. The third-order valence-corrected chi connectivity index (χ3v) is 6.09. The molecule has 0 spiro atoms. The molecule has 1 heterocycles. The number of ether oxygens (including phenoxy) is 2. The van der Waals surface area contributed by atoms with Crippen LogP contribution in [-0.2, 0) is 14.3 Å². The van der Waals surface area contributed by atoms with Crippen LogP contribution in [0.3, 0.4) is 0 Å².